The molecule has 46 nitrogen and oxygen atoms in total. The number of nitrogen functional groups attached to an aromatic ring is 2. The van der Waals surface area contributed by atoms with Gasteiger partial charge in [0, 0.05) is 26.2 Å². The van der Waals surface area contributed by atoms with Crippen LogP contribution in [0.4, 0.5) is 11.9 Å². The van der Waals surface area contributed by atoms with Crippen molar-refractivity contribution in [1.29, 1.82) is 0 Å². The summed E-state index contributed by atoms with van der Waals surface area (Å²) in [5.41, 5.74) is 22.7. The monoisotopic (exact) mass is 1520 g/mol. The van der Waals surface area contributed by atoms with Gasteiger partial charge >= 0.3 is 183 Å². The minimum Gasteiger partial charge on any atom is -0.756 e. The van der Waals surface area contributed by atoms with Gasteiger partial charge in [0.2, 0.25) is 17.7 Å². The van der Waals surface area contributed by atoms with Crippen molar-refractivity contribution in [2.45, 2.75) is 61.5 Å². The Morgan fingerprint density at radius 1 is 0.630 bits per heavy atom. The molecule has 2 fully saturated rings. The molecule has 6 heterocycles. The fraction of sp³-hybridized carbons (Fsp3) is 0.562. The number of imidazole rings is 2. The van der Waals surface area contributed by atoms with Gasteiger partial charge in [0.25, 0.3) is 46.9 Å². The number of aliphatic carboxylic acids is 1. The SMILES string of the molecule is NCCNC(=O)COC1[C@@H](O)[C@@H](COP(=O)([O-])OP(=O)([O-])OP(=O)([O-])O)O[C@H]1n1cnc2c(=S)nc(N)[nH]c21.Nc1nc(=S)c2ncn([C@@H]3O[C@H](COP(=O)([O-])OP(=O)([O-])OP(=O)([O-])O)[C@H](O)C3OCC(=O)NCCNC(=O)C(N)CC(=O)O)c2[nH]1.[Na+].[Na+].[Na+].[Na+].[Na+].[Na+]. The molecular weight excluding hydrogens is 1480 g/mol. The summed E-state index contributed by atoms with van der Waals surface area (Å²) in [7, 11) is -36.1. The fourth-order valence-electron chi connectivity index (χ4n) is 7.17. The molecule has 0 aliphatic carbocycles. The predicted octanol–water partition coefficient (Wildman–Crippen LogP) is -26.5. The number of anilines is 2. The first kappa shape index (κ1) is 95.6. The first-order valence-corrected chi connectivity index (χ1v) is 32.6. The van der Waals surface area contributed by atoms with E-state index in [2.05, 4.69) is 72.1 Å². The van der Waals surface area contributed by atoms with Crippen molar-refractivity contribution in [2.75, 3.05) is 64.1 Å². The van der Waals surface area contributed by atoms with E-state index in [1.165, 1.54) is 15.5 Å². The molecule has 2 saturated heterocycles. The number of carbonyl (C=O) groups is 4. The molecule has 15 atom stereocenters. The molecule has 2 aliphatic rings. The average Bonchev–Trinajstić information content (AvgIpc) is 1.71. The zero-order chi connectivity index (χ0) is 64.5. The molecule has 0 radical (unpaired) electrons. The number of nitrogens with zero attached hydrogens (tertiary/aromatic N) is 6. The smallest absolute Gasteiger partial charge is 0.756 e. The Morgan fingerprint density at radius 3 is 1.34 bits per heavy atom. The number of aromatic nitrogens is 8. The molecule has 0 aromatic carbocycles. The van der Waals surface area contributed by atoms with Gasteiger partial charge in [0.15, 0.2) is 33.6 Å². The van der Waals surface area contributed by atoms with Crippen molar-refractivity contribution in [1.82, 2.24) is 55.0 Å². The number of ether oxygens (including phenoxy) is 4. The Bertz CT molecular complexity index is 3560. The summed E-state index contributed by atoms with van der Waals surface area (Å²) in [6, 6.07) is -1.32. The van der Waals surface area contributed by atoms with E-state index in [0.717, 1.165) is 6.33 Å². The van der Waals surface area contributed by atoms with Crippen LogP contribution in [-0.4, -0.2) is 183 Å². The molecule has 4 aromatic rings. The van der Waals surface area contributed by atoms with Crippen LogP contribution in [0.5, 0.6) is 0 Å². The molecule has 2 aliphatic heterocycles. The molecule has 9 unspecified atom stereocenters. The number of aromatic amines is 2. The number of amides is 3. The molecular formula is C32H47N15Na6O31P6S2. The van der Waals surface area contributed by atoms with Crippen LogP contribution in [-0.2, 0) is 91.8 Å². The van der Waals surface area contributed by atoms with Crippen LogP contribution in [0.3, 0.4) is 0 Å². The van der Waals surface area contributed by atoms with Crippen LogP contribution in [0, 0.1) is 9.28 Å². The van der Waals surface area contributed by atoms with Crippen molar-refractivity contribution in [2.24, 2.45) is 11.5 Å². The number of rotatable bonds is 30. The van der Waals surface area contributed by atoms with E-state index in [1.54, 1.807) is 0 Å². The quantitative estimate of drug-likeness (QED) is 0.00998. The molecule has 0 spiro atoms. The van der Waals surface area contributed by atoms with E-state index >= 15 is 0 Å². The van der Waals surface area contributed by atoms with E-state index in [1.807, 2.05) is 0 Å². The van der Waals surface area contributed by atoms with Gasteiger partial charge in [-0.25, -0.2) is 37.2 Å². The number of phosphoric ester groups is 2. The molecule has 0 saturated carbocycles. The van der Waals surface area contributed by atoms with Crippen molar-refractivity contribution in [3.05, 3.63) is 21.9 Å². The minimum atomic E-state index is -6.21. The summed E-state index contributed by atoms with van der Waals surface area (Å²) in [6.07, 6.45) is -10.7. The number of hydrogen-bond donors (Lipinski definition) is 14. The minimum absolute atomic E-state index is 0. The molecule has 484 valence electrons. The first-order valence-electron chi connectivity index (χ1n) is 23.0. The van der Waals surface area contributed by atoms with Crippen LogP contribution < -0.4 is 246 Å². The number of aliphatic hydroxyl groups excluding tert-OH is 2. The van der Waals surface area contributed by atoms with Crippen molar-refractivity contribution in [3.63, 3.8) is 0 Å². The zero-order valence-electron chi connectivity index (χ0n) is 48.6. The van der Waals surface area contributed by atoms with Gasteiger partial charge in [-0.2, -0.15) is 0 Å². The largest absolute Gasteiger partial charge is 1.00 e. The maximum atomic E-state index is 12.4. The van der Waals surface area contributed by atoms with E-state index in [9.17, 15) is 86.1 Å². The summed E-state index contributed by atoms with van der Waals surface area (Å²) in [4.78, 5) is 153. The van der Waals surface area contributed by atoms with E-state index in [4.69, 9.17) is 81.2 Å². The van der Waals surface area contributed by atoms with Gasteiger partial charge < -0.3 is 131 Å². The number of H-pyrrole nitrogens is 2. The molecule has 0 bridgehead atoms. The van der Waals surface area contributed by atoms with Gasteiger partial charge in [-0.1, -0.05) is 24.4 Å². The maximum absolute atomic E-state index is 12.4. The summed E-state index contributed by atoms with van der Waals surface area (Å²) in [5, 5.41) is 37.6. The second-order valence-electron chi connectivity index (χ2n) is 16.8. The molecule has 60 heteroatoms. The van der Waals surface area contributed by atoms with E-state index < -0.39 is 159 Å². The van der Waals surface area contributed by atoms with Gasteiger partial charge in [0.1, 0.15) is 72.2 Å². The third kappa shape index (κ3) is 30.6. The molecule has 92 heavy (non-hydrogen) atoms. The van der Waals surface area contributed by atoms with Gasteiger partial charge in [-0.15, -0.1) is 0 Å². The predicted molar refractivity (Wildman–Crippen MR) is 268 cm³/mol. The summed E-state index contributed by atoms with van der Waals surface area (Å²) >= 11 is 10.2. The Kier molecular flexibility index (Phi) is 43.2. The molecule has 3 amide bonds. The molecule has 18 N–H and O–H groups in total. The number of fused-ring (bicyclic) bond motifs is 2. The summed E-state index contributed by atoms with van der Waals surface area (Å²) < 4.78 is 115. The second kappa shape index (κ2) is 41.6. The summed E-state index contributed by atoms with van der Waals surface area (Å²) in [5.74, 6) is -3.73. The standard InChI is InChI=1S/C18H29N8O17P3S.C14H24N7O14P3S.6Na/c19-7(3-10(28)29)15(31)22-2-1-21-9(27)5-39-13-12(30)8(4-40-45(35,36)43-46(37,38)42-44(32,33)34)41-17(13)26-6-23-11-14(26)24-18(20)25-16(11)47;15-1-2-17-7(22)4-31-10-9(23)6(3-32-37(27,28)35-38(29,30)34-36(24,25)26)33-13(10)21-5-18-8-11(21)19-14(16)20-12(8)39;;;;;;/h6-8,12-13,17,30H,1-5,19H2,(H,21,27)(H,22,31)(H,28,29)(H,35,36)(H,37,38)(H2,32,33,34)(H3,20,24,25,47);5-6,9-10,13,23H,1-4,15H2,(H,17,22)(H,27,28)(H,29,30)(H2,24,25,26)(H3,16,19,20,39);;;;;;/q;;6*+1/p-6/t7?,8-,12+,13?,17-;6-,9+,10?,13-;;;;;;/m11....../s1. The number of carboxylic acid groups (broad SMARTS) is 1. The van der Waals surface area contributed by atoms with Gasteiger partial charge in [-0.05, 0) is 0 Å². The van der Waals surface area contributed by atoms with Crippen molar-refractivity contribution < 1.29 is 324 Å². The van der Waals surface area contributed by atoms with Crippen molar-refractivity contribution in [3.8, 4) is 0 Å². The number of carbonyl (C=O) groups excluding carboxylic acids is 3. The second-order valence-corrected chi connectivity index (χ2v) is 26.2. The Balaban J connectivity index is 0. The van der Waals surface area contributed by atoms with Crippen LogP contribution in [0.2, 0.25) is 0 Å². The van der Waals surface area contributed by atoms with E-state index in [0.29, 0.717) is 0 Å². The number of hydrogen-bond acceptors (Lipinski definition) is 38. The van der Waals surface area contributed by atoms with Gasteiger partial charge in [-0.3, -0.25) is 55.7 Å². The van der Waals surface area contributed by atoms with Gasteiger partial charge in [0.05, 0.1) is 38.3 Å². The third-order valence-corrected chi connectivity index (χ3v) is 18.4. The number of nitrogens with one attached hydrogen (secondary N) is 5. The number of nitrogens with two attached hydrogens (primary N) is 4. The van der Waals surface area contributed by atoms with Crippen LogP contribution in [0.1, 0.15) is 18.9 Å². The Labute approximate surface area is 658 Å². The maximum Gasteiger partial charge on any atom is 1.00 e. The van der Waals surface area contributed by atoms with E-state index in [-0.39, 0.29) is 247 Å². The third-order valence-electron chi connectivity index (χ3n) is 10.5. The van der Waals surface area contributed by atoms with Crippen LogP contribution >= 0.6 is 71.4 Å². The number of aliphatic hydroxyl groups is 2. The molecule has 4 aromatic heterocycles. The fourth-order valence-corrected chi connectivity index (χ4v) is 13.5. The average molecular weight is 1530 g/mol. The van der Waals surface area contributed by atoms with Crippen LogP contribution in [0.25, 0.3) is 22.3 Å². The number of phosphoric acid groups is 6. The Morgan fingerprint density at radius 2 is 0.989 bits per heavy atom. The first-order chi connectivity index (χ1) is 39.7. The topological polar surface area (TPSA) is 736 Å². The van der Waals surface area contributed by atoms with Crippen LogP contribution in [0.15, 0.2) is 12.7 Å². The normalized spacial score (nSPS) is 23.4. The van der Waals surface area contributed by atoms with Crippen molar-refractivity contribution >= 4 is 129 Å². The number of carboxylic acids is 1. The Hall–Kier alpha value is 1.52. The zero-order valence-corrected chi connectivity index (χ0v) is 67.6. The molecule has 6 rings (SSSR count). The summed E-state index contributed by atoms with van der Waals surface area (Å²) in [6.45, 7) is -3.66.